The van der Waals surface area contributed by atoms with Gasteiger partial charge in [-0.1, -0.05) is 26.3 Å². The van der Waals surface area contributed by atoms with Crippen LogP contribution in [0.25, 0.3) is 0 Å². The fraction of sp³-hybridized carbons (Fsp3) is 0.842. The molecule has 0 aromatic carbocycles. The molecular weight excluding hydrogens is 340 g/mol. The van der Waals surface area contributed by atoms with Crippen LogP contribution in [0.1, 0.15) is 65.2 Å². The summed E-state index contributed by atoms with van der Waals surface area (Å²) in [5.74, 6) is 3.51. The van der Waals surface area contributed by atoms with Crippen molar-refractivity contribution < 1.29 is 22.3 Å². The molecule has 4 aliphatic carbocycles. The highest BCUT2D eigenvalue weighted by Gasteiger charge is 2.59. The summed E-state index contributed by atoms with van der Waals surface area (Å²) in [6.45, 7) is 4.86. The highest BCUT2D eigenvalue weighted by atomic mass is 32.3. The first kappa shape index (κ1) is 19.1. The van der Waals surface area contributed by atoms with Gasteiger partial charge in [-0.3, -0.25) is 13.9 Å². The van der Waals surface area contributed by atoms with E-state index in [1.807, 2.05) is 6.08 Å². The van der Waals surface area contributed by atoms with Crippen molar-refractivity contribution in [2.45, 2.75) is 65.2 Å². The van der Waals surface area contributed by atoms with Crippen LogP contribution in [0.4, 0.5) is 0 Å². The molecule has 0 aromatic heterocycles. The van der Waals surface area contributed by atoms with Crippen molar-refractivity contribution >= 4 is 16.2 Å². The Hall–Kier alpha value is -0.720. The largest absolute Gasteiger partial charge is 0.394 e. The van der Waals surface area contributed by atoms with Crippen molar-refractivity contribution in [1.82, 2.24) is 0 Å². The molecule has 25 heavy (non-hydrogen) atoms. The third kappa shape index (κ3) is 3.45. The van der Waals surface area contributed by atoms with E-state index in [0.29, 0.717) is 23.0 Å². The molecule has 6 atom stereocenters. The van der Waals surface area contributed by atoms with E-state index < -0.39 is 10.4 Å². The fourth-order valence-corrected chi connectivity index (χ4v) is 6.69. The summed E-state index contributed by atoms with van der Waals surface area (Å²) in [6.07, 6.45) is 14.9. The Morgan fingerprint density at radius 3 is 2.40 bits per heavy atom. The van der Waals surface area contributed by atoms with Gasteiger partial charge < -0.3 is 0 Å². The maximum atomic E-state index is 12.7. The number of carbonyl (C=O) groups excluding carboxylic acids is 1. The number of hydrogen-bond donors (Lipinski definition) is 2. The molecule has 0 aliphatic heterocycles. The molecule has 4 rings (SSSR count). The molecule has 3 saturated carbocycles. The van der Waals surface area contributed by atoms with E-state index in [1.54, 1.807) is 0 Å². The highest BCUT2D eigenvalue weighted by Crippen LogP contribution is 2.64. The predicted molar refractivity (Wildman–Crippen MR) is 95.4 cm³/mol. The van der Waals surface area contributed by atoms with Crippen LogP contribution in [0.3, 0.4) is 0 Å². The Kier molecular flexibility index (Phi) is 4.93. The first-order valence-electron chi connectivity index (χ1n) is 9.46. The van der Waals surface area contributed by atoms with Gasteiger partial charge in [-0.15, -0.1) is 0 Å². The summed E-state index contributed by atoms with van der Waals surface area (Å²) in [6, 6.07) is 0. The maximum Gasteiger partial charge on any atom is 0.394 e. The number of carbonyl (C=O) groups is 1. The summed E-state index contributed by atoms with van der Waals surface area (Å²) >= 11 is 0. The Bertz CT molecular complexity index is 661. The van der Waals surface area contributed by atoms with Crippen molar-refractivity contribution in [2.24, 2.45) is 34.5 Å². The number of allylic oxidation sites excluding steroid dienone is 2. The van der Waals surface area contributed by atoms with Gasteiger partial charge in [0.2, 0.25) is 0 Å². The van der Waals surface area contributed by atoms with E-state index in [4.69, 9.17) is 17.5 Å². The van der Waals surface area contributed by atoms with Gasteiger partial charge in [0.15, 0.2) is 5.78 Å². The predicted octanol–water partition coefficient (Wildman–Crippen LogP) is 4.11. The quantitative estimate of drug-likeness (QED) is 0.626. The summed E-state index contributed by atoms with van der Waals surface area (Å²) in [4.78, 5) is 12.7. The van der Waals surface area contributed by atoms with Gasteiger partial charge in [-0.25, -0.2) is 0 Å². The van der Waals surface area contributed by atoms with Crippen LogP contribution in [-0.4, -0.2) is 23.3 Å². The van der Waals surface area contributed by atoms with E-state index in [-0.39, 0.29) is 5.41 Å². The molecule has 142 valence electrons. The van der Waals surface area contributed by atoms with Crippen molar-refractivity contribution in [3.8, 4) is 0 Å². The van der Waals surface area contributed by atoms with Gasteiger partial charge in [-0.2, -0.15) is 8.42 Å². The molecule has 0 bridgehead atoms. The topological polar surface area (TPSA) is 91.7 Å². The van der Waals surface area contributed by atoms with Gasteiger partial charge >= 0.3 is 10.4 Å². The molecule has 2 N–H and O–H groups in total. The summed E-state index contributed by atoms with van der Waals surface area (Å²) in [7, 11) is -4.67. The normalized spacial score (nSPS) is 45.7. The van der Waals surface area contributed by atoms with Gasteiger partial charge in [0.1, 0.15) is 0 Å². The van der Waals surface area contributed by atoms with Crippen molar-refractivity contribution in [3.63, 3.8) is 0 Å². The Morgan fingerprint density at radius 1 is 1.04 bits per heavy atom. The minimum Gasteiger partial charge on any atom is -0.294 e. The molecule has 3 fully saturated rings. The molecule has 6 heteroatoms. The standard InChI is InChI=1S/C19H28O.H2O4S/c1-18-11-4-6-15(18)14-9-8-13-5-3-7-17(20)19(13,2)16(14)10-12-18;1-5(2,3)4/h3,7,13-16H,4-6,8-12H2,1-2H3;(H2,1,2,3,4)/t13-,14+,15+,16+,18+,19+;/m1./s1. The Morgan fingerprint density at radius 2 is 1.72 bits per heavy atom. The Labute approximate surface area is 150 Å². The molecule has 0 amide bonds. The van der Waals surface area contributed by atoms with Gasteiger partial charge in [0.05, 0.1) is 0 Å². The lowest BCUT2D eigenvalue weighted by molar-refractivity contribution is -0.145. The number of hydrogen-bond acceptors (Lipinski definition) is 3. The summed E-state index contributed by atoms with van der Waals surface area (Å²) in [5, 5.41) is 0. The third-order valence-electron chi connectivity index (χ3n) is 7.91. The summed E-state index contributed by atoms with van der Waals surface area (Å²) in [5.41, 5.74) is 0.583. The van der Waals surface area contributed by atoms with E-state index in [0.717, 1.165) is 18.3 Å². The molecule has 0 radical (unpaired) electrons. The maximum absolute atomic E-state index is 12.7. The molecule has 0 unspecified atom stereocenters. The Balaban J connectivity index is 0.000000324. The number of ketones is 1. The average molecular weight is 371 g/mol. The van der Waals surface area contributed by atoms with E-state index >= 15 is 0 Å². The lowest BCUT2D eigenvalue weighted by Gasteiger charge is -2.58. The first-order valence-corrected chi connectivity index (χ1v) is 10.9. The SMILES string of the molecule is C[C@@]12CCC[C@H]1[C@@H]1CC[C@H]3CC=CC(=O)[C@]3(C)[C@H]1CC2.O=S(=O)(O)O. The second-order valence-electron chi connectivity index (χ2n) is 8.97. The highest BCUT2D eigenvalue weighted by molar-refractivity contribution is 7.79. The molecule has 0 aromatic rings. The molecule has 5 nitrogen and oxygen atoms in total. The molecule has 0 saturated heterocycles. The van der Waals surface area contributed by atoms with Crippen molar-refractivity contribution in [2.75, 3.05) is 0 Å². The second-order valence-corrected chi connectivity index (χ2v) is 9.86. The zero-order valence-electron chi connectivity index (χ0n) is 15.1. The minimum atomic E-state index is -4.67. The van der Waals surface area contributed by atoms with Crippen LogP contribution in [0.2, 0.25) is 0 Å². The monoisotopic (exact) mass is 370 g/mol. The fourth-order valence-electron chi connectivity index (χ4n) is 6.69. The second kappa shape index (κ2) is 6.46. The zero-order valence-corrected chi connectivity index (χ0v) is 16.0. The van der Waals surface area contributed by atoms with Crippen molar-refractivity contribution in [3.05, 3.63) is 12.2 Å². The third-order valence-corrected chi connectivity index (χ3v) is 7.91. The number of rotatable bonds is 0. The molecular formula is C19H30O5S. The van der Waals surface area contributed by atoms with E-state index in [9.17, 15) is 4.79 Å². The minimum absolute atomic E-state index is 0.0262. The van der Waals surface area contributed by atoms with Crippen LogP contribution in [0, 0.1) is 34.5 Å². The average Bonchev–Trinajstić information content (AvgIpc) is 2.89. The van der Waals surface area contributed by atoms with Crippen LogP contribution in [0.5, 0.6) is 0 Å². The van der Waals surface area contributed by atoms with Crippen LogP contribution >= 0.6 is 0 Å². The molecule has 0 heterocycles. The van der Waals surface area contributed by atoms with Crippen LogP contribution in [0.15, 0.2) is 12.2 Å². The van der Waals surface area contributed by atoms with E-state index in [2.05, 4.69) is 19.9 Å². The van der Waals surface area contributed by atoms with Gasteiger partial charge in [0, 0.05) is 5.41 Å². The first-order chi connectivity index (χ1) is 11.6. The molecule has 4 aliphatic rings. The van der Waals surface area contributed by atoms with Gasteiger partial charge in [-0.05, 0) is 80.1 Å². The smallest absolute Gasteiger partial charge is 0.294 e. The lowest BCUT2D eigenvalue weighted by Crippen LogP contribution is -2.54. The zero-order chi connectivity index (χ0) is 18.5. The van der Waals surface area contributed by atoms with Crippen LogP contribution < -0.4 is 0 Å². The lowest BCUT2D eigenvalue weighted by atomic mass is 9.46. The molecule has 0 spiro atoms. The number of fused-ring (bicyclic) bond motifs is 5. The summed E-state index contributed by atoms with van der Waals surface area (Å²) < 4.78 is 31.6. The van der Waals surface area contributed by atoms with Gasteiger partial charge in [0.25, 0.3) is 0 Å². The van der Waals surface area contributed by atoms with E-state index in [1.165, 1.54) is 44.9 Å². The van der Waals surface area contributed by atoms with Crippen molar-refractivity contribution in [1.29, 1.82) is 0 Å². The van der Waals surface area contributed by atoms with Crippen LogP contribution in [-0.2, 0) is 15.2 Å².